The average molecular weight is 336 g/mol. The lowest BCUT2D eigenvalue weighted by atomic mass is 9.94. The van der Waals surface area contributed by atoms with Gasteiger partial charge in [0.25, 0.3) is 0 Å². The molecular weight excluding hydrogens is 317 g/mol. The molecule has 3 rings (SSSR count). The molecule has 0 spiro atoms. The fourth-order valence-electron chi connectivity index (χ4n) is 2.88. The lowest BCUT2D eigenvalue weighted by Crippen LogP contribution is -2.31. The fraction of sp³-hybridized carbons (Fsp3) is 0.333. The maximum atomic E-state index is 10.9. The molecule has 0 bridgehead atoms. The van der Waals surface area contributed by atoms with Gasteiger partial charge < -0.3 is 5.11 Å². The Morgan fingerprint density at radius 3 is 2.27 bits per heavy atom. The number of nitrogens with zero attached hydrogens (tertiary/aromatic N) is 1. The first kappa shape index (κ1) is 15.8. The lowest BCUT2D eigenvalue weighted by Gasteiger charge is -2.33. The summed E-state index contributed by atoms with van der Waals surface area (Å²) in [6.07, 6.45) is 1.73. The highest BCUT2D eigenvalue weighted by Gasteiger charge is 2.36. The minimum Gasteiger partial charge on any atom is -0.386 e. The molecule has 0 heterocycles. The largest absolute Gasteiger partial charge is 0.386 e. The number of hydrogen-bond acceptors (Lipinski definition) is 2. The lowest BCUT2D eigenvalue weighted by molar-refractivity contribution is 0.0576. The van der Waals surface area contributed by atoms with Crippen molar-refractivity contribution >= 4 is 23.2 Å². The molecular formula is C18H19Cl2NO. The van der Waals surface area contributed by atoms with E-state index >= 15 is 0 Å². The first-order chi connectivity index (χ1) is 10.6. The molecule has 0 unspecified atom stereocenters. The summed E-state index contributed by atoms with van der Waals surface area (Å²) < 4.78 is 0. The Labute approximate surface area is 141 Å². The summed E-state index contributed by atoms with van der Waals surface area (Å²) in [4.78, 5) is 2.26. The third kappa shape index (κ3) is 3.47. The zero-order chi connectivity index (χ0) is 15.7. The van der Waals surface area contributed by atoms with Crippen LogP contribution in [0.2, 0.25) is 10.0 Å². The molecule has 0 aliphatic heterocycles. The van der Waals surface area contributed by atoms with Crippen molar-refractivity contribution in [3.8, 4) is 0 Å². The molecule has 0 amide bonds. The average Bonchev–Trinajstić information content (AvgIpc) is 3.34. The van der Waals surface area contributed by atoms with Crippen molar-refractivity contribution in [2.24, 2.45) is 0 Å². The summed E-state index contributed by atoms with van der Waals surface area (Å²) in [6, 6.07) is 15.6. The summed E-state index contributed by atoms with van der Waals surface area (Å²) >= 11 is 12.1. The number of hydrogen-bond donors (Lipinski definition) is 1. The van der Waals surface area contributed by atoms with Gasteiger partial charge in [0.15, 0.2) is 0 Å². The van der Waals surface area contributed by atoms with Crippen LogP contribution in [0.25, 0.3) is 0 Å². The van der Waals surface area contributed by atoms with E-state index < -0.39 is 6.10 Å². The monoisotopic (exact) mass is 335 g/mol. The molecule has 4 heteroatoms. The van der Waals surface area contributed by atoms with Gasteiger partial charge in [-0.05, 0) is 55.3 Å². The molecule has 22 heavy (non-hydrogen) atoms. The Hall–Kier alpha value is -1.06. The molecule has 0 aromatic heterocycles. The van der Waals surface area contributed by atoms with Gasteiger partial charge in [0, 0.05) is 16.1 Å². The molecule has 1 fully saturated rings. The molecule has 1 aliphatic carbocycles. The second kappa shape index (κ2) is 6.59. The van der Waals surface area contributed by atoms with Crippen LogP contribution in [-0.4, -0.2) is 23.1 Å². The Kier molecular flexibility index (Phi) is 4.74. The van der Waals surface area contributed by atoms with Crippen molar-refractivity contribution in [2.45, 2.75) is 31.0 Å². The summed E-state index contributed by atoms with van der Waals surface area (Å²) in [6.45, 7) is 0. The summed E-state index contributed by atoms with van der Waals surface area (Å²) in [7, 11) is 2.07. The van der Waals surface area contributed by atoms with Crippen LogP contribution in [0.3, 0.4) is 0 Å². The highest BCUT2D eigenvalue weighted by molar-refractivity contribution is 6.30. The fourth-order valence-corrected chi connectivity index (χ4v) is 3.21. The van der Waals surface area contributed by atoms with Gasteiger partial charge in [-0.1, -0.05) is 47.5 Å². The first-order valence-electron chi connectivity index (χ1n) is 7.47. The Balaban J connectivity index is 1.95. The molecule has 1 aliphatic rings. The SMILES string of the molecule is CN(C1CC1)[C@H](c1ccc(Cl)cc1)[C@H](O)c1cccc(Cl)c1. The van der Waals surface area contributed by atoms with Gasteiger partial charge in [-0.3, -0.25) is 4.90 Å². The zero-order valence-electron chi connectivity index (χ0n) is 12.4. The van der Waals surface area contributed by atoms with Crippen LogP contribution in [-0.2, 0) is 0 Å². The molecule has 116 valence electrons. The third-order valence-corrected chi connectivity index (χ3v) is 4.75. The number of benzene rings is 2. The van der Waals surface area contributed by atoms with Gasteiger partial charge in [-0.15, -0.1) is 0 Å². The third-order valence-electron chi connectivity index (χ3n) is 4.26. The van der Waals surface area contributed by atoms with Crippen molar-refractivity contribution in [3.63, 3.8) is 0 Å². The summed E-state index contributed by atoms with van der Waals surface area (Å²) in [5.41, 5.74) is 1.89. The van der Waals surface area contributed by atoms with Gasteiger partial charge in [-0.2, -0.15) is 0 Å². The molecule has 2 aromatic rings. The molecule has 1 saturated carbocycles. The van der Waals surface area contributed by atoms with E-state index in [1.807, 2.05) is 48.5 Å². The number of likely N-dealkylation sites (N-methyl/N-ethyl adjacent to an activating group) is 1. The minimum absolute atomic E-state index is 0.108. The molecule has 1 N–H and O–H groups in total. The van der Waals surface area contributed by atoms with Gasteiger partial charge in [0.1, 0.15) is 0 Å². The van der Waals surface area contributed by atoms with Crippen molar-refractivity contribution in [1.82, 2.24) is 4.90 Å². The van der Waals surface area contributed by atoms with Gasteiger partial charge >= 0.3 is 0 Å². The number of rotatable bonds is 5. The maximum absolute atomic E-state index is 10.9. The van der Waals surface area contributed by atoms with Gasteiger partial charge in [0.2, 0.25) is 0 Å². The van der Waals surface area contributed by atoms with Crippen molar-refractivity contribution in [1.29, 1.82) is 0 Å². The highest BCUT2D eigenvalue weighted by atomic mass is 35.5. The topological polar surface area (TPSA) is 23.5 Å². The maximum Gasteiger partial charge on any atom is 0.0987 e. The van der Waals surface area contributed by atoms with Crippen LogP contribution < -0.4 is 0 Å². The van der Waals surface area contributed by atoms with Crippen molar-refractivity contribution < 1.29 is 5.11 Å². The Bertz CT molecular complexity index is 640. The van der Waals surface area contributed by atoms with E-state index in [4.69, 9.17) is 23.2 Å². The van der Waals surface area contributed by atoms with Crippen molar-refractivity contribution in [3.05, 3.63) is 69.7 Å². The van der Waals surface area contributed by atoms with Crippen LogP contribution >= 0.6 is 23.2 Å². The summed E-state index contributed by atoms with van der Waals surface area (Å²) in [5, 5.41) is 12.3. The smallest absolute Gasteiger partial charge is 0.0987 e. The van der Waals surface area contributed by atoms with Crippen LogP contribution in [0.4, 0.5) is 0 Å². The normalized spacial score (nSPS) is 17.5. The van der Waals surface area contributed by atoms with Crippen LogP contribution in [0.5, 0.6) is 0 Å². The minimum atomic E-state index is -0.634. The highest BCUT2D eigenvalue weighted by Crippen LogP contribution is 2.40. The Morgan fingerprint density at radius 2 is 1.68 bits per heavy atom. The number of aliphatic hydroxyl groups excluding tert-OH is 1. The van der Waals surface area contributed by atoms with E-state index in [-0.39, 0.29) is 6.04 Å². The molecule has 2 aromatic carbocycles. The van der Waals surface area contributed by atoms with E-state index in [9.17, 15) is 5.11 Å². The van der Waals surface area contributed by atoms with Gasteiger partial charge in [0.05, 0.1) is 12.1 Å². The molecule has 0 saturated heterocycles. The van der Waals surface area contributed by atoms with Crippen LogP contribution in [0.15, 0.2) is 48.5 Å². The van der Waals surface area contributed by atoms with Crippen LogP contribution in [0, 0.1) is 0 Å². The van der Waals surface area contributed by atoms with E-state index in [0.29, 0.717) is 16.1 Å². The summed E-state index contributed by atoms with van der Waals surface area (Å²) in [5.74, 6) is 0. The van der Waals surface area contributed by atoms with Gasteiger partial charge in [-0.25, -0.2) is 0 Å². The van der Waals surface area contributed by atoms with E-state index in [0.717, 1.165) is 11.1 Å². The van der Waals surface area contributed by atoms with Crippen molar-refractivity contribution in [2.75, 3.05) is 7.05 Å². The number of aliphatic hydroxyl groups is 1. The second-order valence-corrected chi connectivity index (χ2v) is 6.77. The van der Waals surface area contributed by atoms with E-state index in [2.05, 4.69) is 11.9 Å². The van der Waals surface area contributed by atoms with Crippen LogP contribution in [0.1, 0.15) is 36.1 Å². The Morgan fingerprint density at radius 1 is 1.00 bits per heavy atom. The first-order valence-corrected chi connectivity index (χ1v) is 8.23. The van der Waals surface area contributed by atoms with E-state index in [1.54, 1.807) is 0 Å². The molecule has 2 nitrogen and oxygen atoms in total. The zero-order valence-corrected chi connectivity index (χ0v) is 13.9. The number of halogens is 2. The predicted molar refractivity (Wildman–Crippen MR) is 91.4 cm³/mol. The molecule has 2 atom stereocenters. The molecule has 0 radical (unpaired) electrons. The van der Waals surface area contributed by atoms with E-state index in [1.165, 1.54) is 12.8 Å². The standard InChI is InChI=1S/C18H19Cl2NO/c1-21(16-9-10-16)17(12-5-7-14(19)8-6-12)18(22)13-3-2-4-15(20)11-13/h2-8,11,16-18,22H,9-10H2,1H3/t17-,18-/m1/s1. The predicted octanol–water partition coefficient (Wildman–Crippen LogP) is 4.86. The quantitative estimate of drug-likeness (QED) is 0.843. The second-order valence-electron chi connectivity index (χ2n) is 5.89.